The lowest BCUT2D eigenvalue weighted by molar-refractivity contribution is -0.137. The Morgan fingerprint density at radius 1 is 1.41 bits per heavy atom. The van der Waals surface area contributed by atoms with Gasteiger partial charge in [-0.2, -0.15) is 13.2 Å². The Bertz CT molecular complexity index is 683. The maximum atomic E-state index is 12.7. The Morgan fingerprint density at radius 3 is 2.77 bits per heavy atom. The summed E-state index contributed by atoms with van der Waals surface area (Å²) in [5, 5.41) is 0.653. The van der Waals surface area contributed by atoms with Gasteiger partial charge in [0.15, 0.2) is 5.69 Å². The lowest BCUT2D eigenvalue weighted by Gasteiger charge is -2.07. The average molecular weight is 330 g/mol. The molecule has 2 aromatic rings. The zero-order valence-corrected chi connectivity index (χ0v) is 12.4. The Morgan fingerprint density at radius 2 is 2.14 bits per heavy atom. The normalized spacial score (nSPS) is 11.5. The third-order valence-electron chi connectivity index (χ3n) is 2.78. The van der Waals surface area contributed by atoms with Crippen LogP contribution in [0.2, 0.25) is 0 Å². The summed E-state index contributed by atoms with van der Waals surface area (Å²) in [6.45, 7) is 1.85. The van der Waals surface area contributed by atoms with Crippen LogP contribution < -0.4 is 5.73 Å². The van der Waals surface area contributed by atoms with E-state index in [1.807, 2.05) is 0 Å². The van der Waals surface area contributed by atoms with Crippen molar-refractivity contribution >= 4 is 22.3 Å². The van der Waals surface area contributed by atoms with Crippen molar-refractivity contribution in [2.75, 3.05) is 12.3 Å². The van der Waals surface area contributed by atoms with Gasteiger partial charge in [-0.25, -0.2) is 9.78 Å². The molecule has 2 rings (SSSR count). The van der Waals surface area contributed by atoms with E-state index < -0.39 is 17.7 Å². The maximum absolute atomic E-state index is 12.7. The number of esters is 1. The van der Waals surface area contributed by atoms with E-state index in [0.717, 1.165) is 23.5 Å². The molecule has 1 heterocycles. The fourth-order valence-corrected chi connectivity index (χ4v) is 2.69. The van der Waals surface area contributed by atoms with Gasteiger partial charge in [0, 0.05) is 6.42 Å². The predicted octanol–water partition coefficient (Wildman–Crippen LogP) is 3.51. The van der Waals surface area contributed by atoms with Crippen molar-refractivity contribution in [1.29, 1.82) is 0 Å². The first kappa shape index (κ1) is 16.3. The van der Waals surface area contributed by atoms with E-state index in [0.29, 0.717) is 10.6 Å². The van der Waals surface area contributed by atoms with E-state index >= 15 is 0 Å². The van der Waals surface area contributed by atoms with Crippen LogP contribution in [-0.2, 0) is 17.3 Å². The minimum Gasteiger partial charge on any atom is -0.461 e. The van der Waals surface area contributed by atoms with Gasteiger partial charge in [-0.15, -0.1) is 11.3 Å². The van der Waals surface area contributed by atoms with Crippen LogP contribution in [0.5, 0.6) is 0 Å². The van der Waals surface area contributed by atoms with Crippen LogP contribution in [0.15, 0.2) is 24.3 Å². The number of nitrogens with zero attached hydrogens (tertiary/aromatic N) is 1. The Labute approximate surface area is 128 Å². The van der Waals surface area contributed by atoms with Crippen molar-refractivity contribution in [3.05, 3.63) is 46.1 Å². The number of anilines is 1. The average Bonchev–Trinajstić information content (AvgIpc) is 2.79. The highest BCUT2D eigenvalue weighted by atomic mass is 32.1. The molecule has 0 atom stereocenters. The fourth-order valence-electron chi connectivity index (χ4n) is 1.83. The molecule has 0 aliphatic heterocycles. The summed E-state index contributed by atoms with van der Waals surface area (Å²) in [6, 6.07) is 4.96. The highest BCUT2D eigenvalue weighted by molar-refractivity contribution is 7.15. The number of halogens is 3. The summed E-state index contributed by atoms with van der Waals surface area (Å²) < 4.78 is 42.8. The molecule has 0 fully saturated rings. The molecule has 2 N–H and O–H groups in total. The molecule has 22 heavy (non-hydrogen) atoms. The minimum atomic E-state index is -4.39. The number of nitrogen functional groups attached to an aromatic ring is 1. The molecular weight excluding hydrogens is 317 g/mol. The van der Waals surface area contributed by atoms with Crippen LogP contribution in [0.25, 0.3) is 0 Å². The monoisotopic (exact) mass is 330 g/mol. The van der Waals surface area contributed by atoms with Crippen molar-refractivity contribution in [3.8, 4) is 0 Å². The quantitative estimate of drug-likeness (QED) is 0.871. The number of hydrogen-bond donors (Lipinski definition) is 1. The number of aromatic nitrogens is 1. The van der Waals surface area contributed by atoms with Crippen molar-refractivity contribution in [3.63, 3.8) is 0 Å². The second-order valence-electron chi connectivity index (χ2n) is 4.42. The largest absolute Gasteiger partial charge is 0.461 e. The van der Waals surface area contributed by atoms with E-state index in [2.05, 4.69) is 4.98 Å². The Kier molecular flexibility index (Phi) is 4.70. The number of benzene rings is 1. The molecule has 0 amide bonds. The van der Waals surface area contributed by atoms with Crippen LogP contribution in [0.4, 0.5) is 18.2 Å². The number of nitrogens with two attached hydrogens (primary N) is 1. The standard InChI is InChI=1S/C14H13F3N2O2S/c1-2-21-13(20)11-12(18)22-10(19-11)7-8-4-3-5-9(6-8)14(15,16)17/h3-6H,2,7,18H2,1H3. The van der Waals surface area contributed by atoms with Crippen LogP contribution >= 0.6 is 11.3 Å². The molecule has 0 saturated carbocycles. The number of ether oxygens (including phenoxy) is 1. The van der Waals surface area contributed by atoms with E-state index in [1.54, 1.807) is 13.0 Å². The number of carbonyl (C=O) groups excluding carboxylic acids is 1. The van der Waals surface area contributed by atoms with Crippen molar-refractivity contribution < 1.29 is 22.7 Å². The van der Waals surface area contributed by atoms with Crippen molar-refractivity contribution in [2.24, 2.45) is 0 Å². The summed E-state index contributed by atoms with van der Waals surface area (Å²) in [6.07, 6.45) is -4.23. The van der Waals surface area contributed by atoms with Gasteiger partial charge in [0.05, 0.1) is 12.2 Å². The predicted molar refractivity (Wildman–Crippen MR) is 76.7 cm³/mol. The van der Waals surface area contributed by atoms with E-state index in [4.69, 9.17) is 10.5 Å². The smallest absolute Gasteiger partial charge is 0.416 e. The third kappa shape index (κ3) is 3.76. The number of rotatable bonds is 4. The second-order valence-corrected chi connectivity index (χ2v) is 5.53. The summed E-state index contributed by atoms with van der Waals surface area (Å²) in [5.41, 5.74) is 5.43. The molecule has 0 radical (unpaired) electrons. The lowest BCUT2D eigenvalue weighted by atomic mass is 10.1. The first-order chi connectivity index (χ1) is 10.3. The van der Waals surface area contributed by atoms with Crippen LogP contribution in [0.3, 0.4) is 0 Å². The Balaban J connectivity index is 2.21. The summed E-state index contributed by atoms with van der Waals surface area (Å²) >= 11 is 1.06. The van der Waals surface area contributed by atoms with Gasteiger partial charge in [-0.1, -0.05) is 18.2 Å². The van der Waals surface area contributed by atoms with Gasteiger partial charge < -0.3 is 10.5 Å². The molecule has 118 valence electrons. The van der Waals surface area contributed by atoms with Gasteiger partial charge in [-0.05, 0) is 18.6 Å². The zero-order valence-electron chi connectivity index (χ0n) is 11.6. The van der Waals surface area contributed by atoms with Gasteiger partial charge in [0.2, 0.25) is 0 Å². The van der Waals surface area contributed by atoms with Crippen LogP contribution in [0, 0.1) is 0 Å². The first-order valence-corrected chi connectivity index (χ1v) is 7.21. The molecule has 8 heteroatoms. The van der Waals surface area contributed by atoms with Crippen LogP contribution in [-0.4, -0.2) is 17.6 Å². The molecule has 0 spiro atoms. The van der Waals surface area contributed by atoms with E-state index in [9.17, 15) is 18.0 Å². The number of alkyl halides is 3. The molecule has 0 unspecified atom stereocenters. The third-order valence-corrected chi connectivity index (χ3v) is 3.66. The minimum absolute atomic E-state index is 0.00817. The molecule has 1 aromatic carbocycles. The van der Waals surface area contributed by atoms with E-state index in [1.165, 1.54) is 6.07 Å². The van der Waals surface area contributed by atoms with Gasteiger partial charge in [0.1, 0.15) is 10.0 Å². The molecule has 0 aliphatic rings. The Hall–Kier alpha value is -2.09. The maximum Gasteiger partial charge on any atom is 0.416 e. The second kappa shape index (κ2) is 6.35. The molecular formula is C14H13F3N2O2S. The SMILES string of the molecule is CCOC(=O)c1nc(Cc2cccc(C(F)(F)F)c2)sc1N. The van der Waals surface area contributed by atoms with Gasteiger partial charge in [0.25, 0.3) is 0 Å². The summed E-state index contributed by atoms with van der Waals surface area (Å²) in [7, 11) is 0. The molecule has 0 saturated heterocycles. The summed E-state index contributed by atoms with van der Waals surface area (Å²) in [5.74, 6) is -0.633. The summed E-state index contributed by atoms with van der Waals surface area (Å²) in [4.78, 5) is 15.7. The lowest BCUT2D eigenvalue weighted by Crippen LogP contribution is -2.07. The van der Waals surface area contributed by atoms with E-state index in [-0.39, 0.29) is 23.7 Å². The topological polar surface area (TPSA) is 65.2 Å². The van der Waals surface area contributed by atoms with Gasteiger partial charge in [-0.3, -0.25) is 0 Å². The van der Waals surface area contributed by atoms with Crippen molar-refractivity contribution in [1.82, 2.24) is 4.98 Å². The highest BCUT2D eigenvalue weighted by Gasteiger charge is 2.30. The zero-order chi connectivity index (χ0) is 16.3. The molecule has 4 nitrogen and oxygen atoms in total. The van der Waals surface area contributed by atoms with Crippen molar-refractivity contribution in [2.45, 2.75) is 19.5 Å². The van der Waals surface area contributed by atoms with Gasteiger partial charge >= 0.3 is 12.1 Å². The first-order valence-electron chi connectivity index (χ1n) is 6.39. The molecule has 0 aliphatic carbocycles. The fraction of sp³-hybridized carbons (Fsp3) is 0.286. The van der Waals surface area contributed by atoms with Crippen LogP contribution in [0.1, 0.15) is 33.5 Å². The number of thiazole rings is 1. The highest BCUT2D eigenvalue weighted by Crippen LogP contribution is 2.30. The molecule has 1 aromatic heterocycles. The molecule has 0 bridgehead atoms. The number of hydrogen-bond acceptors (Lipinski definition) is 5. The number of carbonyl (C=O) groups is 1.